The predicted molar refractivity (Wildman–Crippen MR) is 134 cm³/mol. The lowest BCUT2D eigenvalue weighted by molar-refractivity contribution is -0.119. The predicted octanol–water partition coefficient (Wildman–Crippen LogP) is 4.88. The summed E-state index contributed by atoms with van der Waals surface area (Å²) in [6, 6.07) is 11.7. The Morgan fingerprint density at radius 1 is 1.14 bits per heavy atom. The number of nitrogens with zero attached hydrogens (tertiary/aromatic N) is 3. The molecule has 2 aliphatic heterocycles. The van der Waals surface area contributed by atoms with Crippen LogP contribution >= 0.6 is 11.3 Å². The summed E-state index contributed by atoms with van der Waals surface area (Å²) in [5.41, 5.74) is 5.07. The first-order valence-electron chi connectivity index (χ1n) is 11.5. The molecular weight excluding hydrogens is 480 g/mol. The van der Waals surface area contributed by atoms with Crippen molar-refractivity contribution in [1.82, 2.24) is 9.97 Å². The van der Waals surface area contributed by atoms with Gasteiger partial charge in [0.2, 0.25) is 18.5 Å². The maximum Gasteiger partial charge on any atom is 0.295 e. The van der Waals surface area contributed by atoms with Gasteiger partial charge < -0.3 is 18.8 Å². The molecule has 0 bridgehead atoms. The molecular formula is C26H22N4O5S. The first kappa shape index (κ1) is 22.3. The van der Waals surface area contributed by atoms with Crippen molar-refractivity contribution in [3.8, 4) is 22.8 Å². The van der Waals surface area contributed by atoms with Crippen LogP contribution in [0.2, 0.25) is 0 Å². The molecule has 10 heteroatoms. The highest BCUT2D eigenvalue weighted by Gasteiger charge is 2.27. The molecule has 2 amide bonds. The molecule has 4 aromatic rings. The van der Waals surface area contributed by atoms with Crippen molar-refractivity contribution in [2.75, 3.05) is 17.0 Å². The molecule has 2 aromatic carbocycles. The number of nitrogens with one attached hydrogen (secondary N) is 1. The maximum atomic E-state index is 12.9. The third-order valence-corrected chi connectivity index (χ3v) is 6.97. The number of rotatable bonds is 5. The number of carbonyl (C=O) groups is 2. The molecule has 0 aliphatic carbocycles. The summed E-state index contributed by atoms with van der Waals surface area (Å²) >= 11 is 1.34. The van der Waals surface area contributed by atoms with E-state index in [0.29, 0.717) is 47.6 Å². The van der Waals surface area contributed by atoms with Crippen LogP contribution in [0.1, 0.15) is 39.7 Å². The third-order valence-electron chi connectivity index (χ3n) is 6.22. The average molecular weight is 503 g/mol. The number of aromatic nitrogens is 2. The van der Waals surface area contributed by atoms with Gasteiger partial charge in [0.05, 0.1) is 17.9 Å². The Balaban J connectivity index is 1.23. The van der Waals surface area contributed by atoms with Gasteiger partial charge in [0.1, 0.15) is 0 Å². The Morgan fingerprint density at radius 2 is 2.03 bits per heavy atom. The lowest BCUT2D eigenvalue weighted by atomic mass is 9.97. The summed E-state index contributed by atoms with van der Waals surface area (Å²) in [6.07, 6.45) is 1.08. The van der Waals surface area contributed by atoms with E-state index in [1.807, 2.05) is 35.7 Å². The maximum absolute atomic E-state index is 12.9. The molecule has 0 fully saturated rings. The monoisotopic (exact) mass is 502 g/mol. The van der Waals surface area contributed by atoms with Crippen LogP contribution in [0.3, 0.4) is 0 Å². The third kappa shape index (κ3) is 3.99. The molecule has 0 saturated heterocycles. The van der Waals surface area contributed by atoms with Crippen LogP contribution < -0.4 is 19.7 Å². The molecule has 4 heterocycles. The number of fused-ring (bicyclic) bond motifs is 2. The minimum Gasteiger partial charge on any atom is -0.454 e. The second kappa shape index (κ2) is 8.80. The highest BCUT2D eigenvalue weighted by molar-refractivity contribution is 7.14. The zero-order chi connectivity index (χ0) is 24.8. The molecule has 0 radical (unpaired) electrons. The molecule has 0 unspecified atom stereocenters. The summed E-state index contributed by atoms with van der Waals surface area (Å²) in [4.78, 5) is 35.9. The topological polar surface area (TPSA) is 107 Å². The van der Waals surface area contributed by atoms with Crippen molar-refractivity contribution in [1.29, 1.82) is 0 Å². The van der Waals surface area contributed by atoms with Gasteiger partial charge in [0.15, 0.2) is 22.5 Å². The SMILES string of the molecule is Cc1nc(C)c(C(=O)Nc2nc(-c3ccc4c(c3)CCC(=O)N4Cc3cccc4c3OCO4)cs2)o1. The molecule has 6 rings (SSSR count). The number of thiazole rings is 1. The van der Waals surface area contributed by atoms with E-state index < -0.39 is 0 Å². The van der Waals surface area contributed by atoms with Gasteiger partial charge in [0, 0.05) is 35.5 Å². The van der Waals surface area contributed by atoms with Crippen LogP contribution in [0, 0.1) is 13.8 Å². The molecule has 0 spiro atoms. The highest BCUT2D eigenvalue weighted by Crippen LogP contribution is 2.39. The van der Waals surface area contributed by atoms with Crippen molar-refractivity contribution in [3.05, 3.63) is 70.3 Å². The lowest BCUT2D eigenvalue weighted by Gasteiger charge is -2.30. The van der Waals surface area contributed by atoms with Crippen molar-refractivity contribution in [2.45, 2.75) is 33.2 Å². The van der Waals surface area contributed by atoms with Gasteiger partial charge in [-0.15, -0.1) is 11.3 Å². The number of oxazole rings is 1. The van der Waals surface area contributed by atoms with E-state index >= 15 is 0 Å². The number of ether oxygens (including phenoxy) is 2. The largest absolute Gasteiger partial charge is 0.454 e. The number of para-hydroxylation sites is 1. The van der Waals surface area contributed by atoms with E-state index in [1.54, 1.807) is 18.7 Å². The van der Waals surface area contributed by atoms with E-state index in [-0.39, 0.29) is 24.4 Å². The number of carbonyl (C=O) groups excluding carboxylic acids is 2. The average Bonchev–Trinajstić information content (AvgIpc) is 3.61. The molecule has 182 valence electrons. The van der Waals surface area contributed by atoms with E-state index in [2.05, 4.69) is 21.4 Å². The number of hydrogen-bond acceptors (Lipinski definition) is 8. The summed E-state index contributed by atoms with van der Waals surface area (Å²) in [7, 11) is 0. The zero-order valence-electron chi connectivity index (χ0n) is 19.7. The standard InChI is InChI=1S/C26H22N4O5S/c1-14-23(35-15(2)27-14)25(32)29-26-28-19(12-36-26)16-6-8-20-17(10-16)7-9-22(31)30(20)11-18-4-3-5-21-24(18)34-13-33-21/h3-6,8,10,12H,7,9,11,13H2,1-2H3,(H,28,29,32). The molecule has 2 aromatic heterocycles. The smallest absolute Gasteiger partial charge is 0.295 e. The molecule has 36 heavy (non-hydrogen) atoms. The first-order chi connectivity index (χ1) is 17.5. The molecule has 2 aliphatic rings. The van der Waals surface area contributed by atoms with Crippen molar-refractivity contribution >= 4 is 34.0 Å². The molecule has 9 nitrogen and oxygen atoms in total. The van der Waals surface area contributed by atoms with Crippen LogP contribution in [0.15, 0.2) is 46.2 Å². The number of hydrogen-bond donors (Lipinski definition) is 1. The van der Waals surface area contributed by atoms with Crippen LogP contribution in [0.5, 0.6) is 11.5 Å². The summed E-state index contributed by atoms with van der Waals surface area (Å²) in [5.74, 6) is 1.72. The number of aryl methyl sites for hydroxylation is 3. The second-order valence-corrected chi connectivity index (χ2v) is 9.47. The fourth-order valence-electron chi connectivity index (χ4n) is 4.54. The van der Waals surface area contributed by atoms with E-state index in [4.69, 9.17) is 13.9 Å². The summed E-state index contributed by atoms with van der Waals surface area (Å²) in [5, 5.41) is 5.15. The Hall–Kier alpha value is -4.18. The van der Waals surface area contributed by atoms with E-state index in [1.165, 1.54) is 11.3 Å². The fourth-order valence-corrected chi connectivity index (χ4v) is 5.25. The minimum absolute atomic E-state index is 0.0726. The van der Waals surface area contributed by atoms with Gasteiger partial charge in [-0.1, -0.05) is 18.2 Å². The summed E-state index contributed by atoms with van der Waals surface area (Å²) in [6.45, 7) is 4.02. The van der Waals surface area contributed by atoms with Gasteiger partial charge in [-0.25, -0.2) is 9.97 Å². The lowest BCUT2D eigenvalue weighted by Crippen LogP contribution is -2.34. The second-order valence-electron chi connectivity index (χ2n) is 8.61. The van der Waals surface area contributed by atoms with Gasteiger partial charge >= 0.3 is 0 Å². The van der Waals surface area contributed by atoms with Crippen LogP contribution in [-0.4, -0.2) is 28.6 Å². The van der Waals surface area contributed by atoms with Crippen LogP contribution in [0.25, 0.3) is 11.3 Å². The molecule has 0 saturated carbocycles. The quantitative estimate of drug-likeness (QED) is 0.415. The van der Waals surface area contributed by atoms with Gasteiger partial charge in [-0.3, -0.25) is 14.9 Å². The Labute approximate surface area is 210 Å². The van der Waals surface area contributed by atoms with Crippen molar-refractivity contribution in [2.24, 2.45) is 0 Å². The molecule has 0 atom stereocenters. The first-order valence-corrected chi connectivity index (χ1v) is 12.4. The minimum atomic E-state index is -0.379. The Bertz CT molecular complexity index is 1510. The van der Waals surface area contributed by atoms with Gasteiger partial charge in [-0.2, -0.15) is 0 Å². The Morgan fingerprint density at radius 3 is 2.86 bits per heavy atom. The van der Waals surface area contributed by atoms with Crippen molar-refractivity contribution < 1.29 is 23.5 Å². The van der Waals surface area contributed by atoms with Gasteiger partial charge in [0.25, 0.3) is 5.91 Å². The van der Waals surface area contributed by atoms with Gasteiger partial charge in [-0.05, 0) is 37.1 Å². The highest BCUT2D eigenvalue weighted by atomic mass is 32.1. The van der Waals surface area contributed by atoms with Crippen molar-refractivity contribution in [3.63, 3.8) is 0 Å². The summed E-state index contributed by atoms with van der Waals surface area (Å²) < 4.78 is 16.5. The number of amides is 2. The Kier molecular flexibility index (Phi) is 5.45. The molecule has 1 N–H and O–H groups in total. The fraction of sp³-hybridized carbons (Fsp3) is 0.231. The number of benzene rings is 2. The zero-order valence-corrected chi connectivity index (χ0v) is 20.5. The van der Waals surface area contributed by atoms with E-state index in [0.717, 1.165) is 28.1 Å². The normalized spacial score (nSPS) is 14.2. The number of anilines is 2. The van der Waals surface area contributed by atoms with Crippen LogP contribution in [-0.2, 0) is 17.8 Å². The van der Waals surface area contributed by atoms with Crippen LogP contribution in [0.4, 0.5) is 10.8 Å². The van der Waals surface area contributed by atoms with E-state index in [9.17, 15) is 9.59 Å².